The number of ether oxygens (including phenoxy) is 6. The third-order valence-electron chi connectivity index (χ3n) is 13.7. The van der Waals surface area contributed by atoms with Crippen LogP contribution in [0.5, 0.6) is 0 Å². The van der Waals surface area contributed by atoms with Crippen LogP contribution in [0.15, 0.2) is 0 Å². The first kappa shape index (κ1) is 61.1. The summed E-state index contributed by atoms with van der Waals surface area (Å²) in [6.07, 6.45) is 2.78. The molecule has 3 aliphatic rings. The zero-order valence-electron chi connectivity index (χ0n) is 41.1. The number of carbonyl (C=O) groups excluding carboxylic acids is 1. The van der Waals surface area contributed by atoms with E-state index in [2.05, 4.69) is 12.2 Å². The number of carbonyl (C=O) groups is 1. The predicted octanol–water partition coefficient (Wildman–Crippen LogP) is 2.09. The van der Waals surface area contributed by atoms with E-state index in [4.69, 9.17) is 28.4 Å². The Hall–Kier alpha value is -1.21. The van der Waals surface area contributed by atoms with E-state index in [-0.39, 0.29) is 18.9 Å². The molecule has 17 unspecified atom stereocenters. The minimum absolute atomic E-state index is 0.219. The van der Waals surface area contributed by atoms with Crippen molar-refractivity contribution in [3.8, 4) is 0 Å². The highest BCUT2D eigenvalue weighted by Gasteiger charge is 2.53. The second-order valence-electron chi connectivity index (χ2n) is 19.4. The second kappa shape index (κ2) is 35.0. The maximum absolute atomic E-state index is 12.6. The van der Waals surface area contributed by atoms with Crippen LogP contribution >= 0.6 is 0 Å². The lowest BCUT2D eigenvalue weighted by Crippen LogP contribution is -2.66. The monoisotopic (exact) mass is 984 g/mol. The standard InChI is InChI=1S/C49H93NO18/c1-3-5-6-7-8-9-10-11-12-13-14-15-16-17-18-19-20-21-22-23-24-25-27-33(54)32(50-37(55)26-4-2)31-63-47-43(61)40(58)45(35(29-52)65-47)68-49-44(62)41(59)46(36(30-53)66-49)67-48-42(60)39(57)38(56)34(28-51)64-48/h32-36,38-49,51-54,56-62H,3-31H2,1-2H3,(H,50,55). The van der Waals surface area contributed by atoms with Crippen LogP contribution in [0.25, 0.3) is 0 Å². The number of rotatable bonds is 37. The van der Waals surface area contributed by atoms with E-state index in [9.17, 15) is 61.0 Å². The maximum Gasteiger partial charge on any atom is 0.220 e. The molecule has 17 atom stereocenters. The minimum Gasteiger partial charge on any atom is -0.394 e. The van der Waals surface area contributed by atoms with Crippen molar-refractivity contribution in [2.45, 2.75) is 279 Å². The fraction of sp³-hybridized carbons (Fsp3) is 0.980. The number of nitrogens with one attached hydrogen (secondary N) is 1. The lowest BCUT2D eigenvalue weighted by molar-refractivity contribution is -0.379. The SMILES string of the molecule is CCCCCCCCCCCCCCCCCCCCCCCCC(O)C(COC1OC(CO)C(OC2OC(CO)C(OC3OC(CO)C(O)C(O)C3O)C(O)C2O)C(O)C1O)NC(=O)CCC. The second-order valence-corrected chi connectivity index (χ2v) is 19.4. The van der Waals surface area contributed by atoms with Crippen LogP contribution in [0.1, 0.15) is 174 Å². The Balaban J connectivity index is 1.37. The molecule has 68 heavy (non-hydrogen) atoms. The van der Waals surface area contributed by atoms with Gasteiger partial charge in [0.05, 0.1) is 38.6 Å². The molecule has 0 aromatic heterocycles. The topological polar surface area (TPSA) is 307 Å². The van der Waals surface area contributed by atoms with Crippen molar-refractivity contribution < 1.29 is 89.4 Å². The van der Waals surface area contributed by atoms with Gasteiger partial charge in [-0.1, -0.05) is 155 Å². The van der Waals surface area contributed by atoms with E-state index in [1.165, 1.54) is 116 Å². The summed E-state index contributed by atoms with van der Waals surface area (Å²) in [5.74, 6) is -0.295. The zero-order valence-corrected chi connectivity index (χ0v) is 41.1. The molecular formula is C49H93NO18. The molecule has 0 aliphatic carbocycles. The quantitative estimate of drug-likeness (QED) is 0.0397. The van der Waals surface area contributed by atoms with Crippen LogP contribution in [0.3, 0.4) is 0 Å². The Labute approximate surface area is 404 Å². The summed E-state index contributed by atoms with van der Waals surface area (Å²) in [6.45, 7) is 1.41. The van der Waals surface area contributed by atoms with Crippen LogP contribution in [0.2, 0.25) is 0 Å². The van der Waals surface area contributed by atoms with Gasteiger partial charge in [0.15, 0.2) is 18.9 Å². The van der Waals surface area contributed by atoms with Crippen LogP contribution in [0.4, 0.5) is 0 Å². The first-order valence-electron chi connectivity index (χ1n) is 26.3. The van der Waals surface area contributed by atoms with Gasteiger partial charge in [0, 0.05) is 6.42 Å². The molecule has 3 saturated heterocycles. The molecule has 3 aliphatic heterocycles. The van der Waals surface area contributed by atoms with Gasteiger partial charge in [-0.2, -0.15) is 0 Å². The molecule has 1 amide bonds. The summed E-state index contributed by atoms with van der Waals surface area (Å²) in [5.41, 5.74) is 0. The fourth-order valence-corrected chi connectivity index (χ4v) is 9.30. The van der Waals surface area contributed by atoms with E-state index in [0.717, 1.165) is 25.7 Å². The summed E-state index contributed by atoms with van der Waals surface area (Å²) < 4.78 is 33.9. The minimum atomic E-state index is -1.96. The Morgan fingerprint density at radius 2 is 0.838 bits per heavy atom. The molecule has 0 spiro atoms. The molecule has 19 heteroatoms. The van der Waals surface area contributed by atoms with Crippen molar-refractivity contribution in [1.82, 2.24) is 5.32 Å². The van der Waals surface area contributed by atoms with E-state index >= 15 is 0 Å². The normalized spacial score (nSPS) is 33.1. The average Bonchev–Trinajstić information content (AvgIpc) is 3.33. The maximum atomic E-state index is 12.6. The highest BCUT2D eigenvalue weighted by Crippen LogP contribution is 2.33. The number of hydrogen-bond donors (Lipinski definition) is 12. The van der Waals surface area contributed by atoms with Gasteiger partial charge in [0.2, 0.25) is 5.91 Å². The van der Waals surface area contributed by atoms with Gasteiger partial charge in [0.25, 0.3) is 0 Å². The number of hydrogen-bond acceptors (Lipinski definition) is 18. The Morgan fingerprint density at radius 3 is 1.25 bits per heavy atom. The van der Waals surface area contributed by atoms with Crippen LogP contribution < -0.4 is 5.32 Å². The molecule has 12 N–H and O–H groups in total. The summed E-state index contributed by atoms with van der Waals surface area (Å²) in [5, 5.41) is 119. The van der Waals surface area contributed by atoms with Crippen molar-refractivity contribution in [3.63, 3.8) is 0 Å². The molecule has 0 aromatic carbocycles. The molecule has 402 valence electrons. The van der Waals surface area contributed by atoms with Crippen LogP contribution in [0, 0.1) is 0 Å². The molecule has 3 heterocycles. The lowest BCUT2D eigenvalue weighted by Gasteiger charge is -2.48. The largest absolute Gasteiger partial charge is 0.394 e. The molecule has 19 nitrogen and oxygen atoms in total. The number of unbranched alkanes of at least 4 members (excludes halogenated alkanes) is 21. The fourth-order valence-electron chi connectivity index (χ4n) is 9.30. The molecule has 3 rings (SSSR count). The van der Waals surface area contributed by atoms with Gasteiger partial charge in [0.1, 0.15) is 73.2 Å². The van der Waals surface area contributed by atoms with Gasteiger partial charge < -0.3 is 89.9 Å². The highest BCUT2D eigenvalue weighted by molar-refractivity contribution is 5.76. The summed E-state index contributed by atoms with van der Waals surface area (Å²) in [6, 6.07) is -0.876. The van der Waals surface area contributed by atoms with E-state index in [1.807, 2.05) is 6.92 Å². The van der Waals surface area contributed by atoms with Crippen molar-refractivity contribution in [2.24, 2.45) is 0 Å². The third-order valence-corrected chi connectivity index (χ3v) is 13.7. The van der Waals surface area contributed by atoms with Gasteiger partial charge in [-0.25, -0.2) is 0 Å². The smallest absolute Gasteiger partial charge is 0.220 e. The van der Waals surface area contributed by atoms with Gasteiger partial charge in [-0.15, -0.1) is 0 Å². The molecule has 3 fully saturated rings. The Bertz CT molecular complexity index is 1270. The predicted molar refractivity (Wildman–Crippen MR) is 250 cm³/mol. The van der Waals surface area contributed by atoms with Crippen LogP contribution in [-0.2, 0) is 33.2 Å². The zero-order chi connectivity index (χ0) is 49.8. The third kappa shape index (κ3) is 20.7. The molecule has 0 bridgehead atoms. The lowest BCUT2D eigenvalue weighted by atomic mass is 9.96. The van der Waals surface area contributed by atoms with Gasteiger partial charge in [-0.3, -0.25) is 4.79 Å². The van der Waals surface area contributed by atoms with Crippen molar-refractivity contribution in [3.05, 3.63) is 0 Å². The number of aliphatic hydroxyl groups excluding tert-OH is 11. The average molecular weight is 984 g/mol. The molecule has 0 radical (unpaired) electrons. The van der Waals surface area contributed by atoms with Crippen molar-refractivity contribution in [2.75, 3.05) is 26.4 Å². The van der Waals surface area contributed by atoms with Gasteiger partial charge >= 0.3 is 0 Å². The van der Waals surface area contributed by atoms with Crippen molar-refractivity contribution in [1.29, 1.82) is 0 Å². The Kier molecular flexibility index (Phi) is 31.5. The summed E-state index contributed by atoms with van der Waals surface area (Å²) in [7, 11) is 0. The first-order chi connectivity index (χ1) is 32.8. The molecular weight excluding hydrogens is 891 g/mol. The van der Waals surface area contributed by atoms with E-state index in [0.29, 0.717) is 12.8 Å². The van der Waals surface area contributed by atoms with E-state index in [1.54, 1.807) is 0 Å². The van der Waals surface area contributed by atoms with Crippen molar-refractivity contribution >= 4 is 5.91 Å². The van der Waals surface area contributed by atoms with Crippen LogP contribution in [-0.4, -0.2) is 193 Å². The highest BCUT2D eigenvalue weighted by atomic mass is 16.8. The molecule has 0 aromatic rings. The molecule has 0 saturated carbocycles. The summed E-state index contributed by atoms with van der Waals surface area (Å²) >= 11 is 0. The van der Waals surface area contributed by atoms with E-state index < -0.39 is 124 Å². The van der Waals surface area contributed by atoms with Gasteiger partial charge in [-0.05, 0) is 12.8 Å². The number of aliphatic hydroxyl groups is 11. The summed E-state index contributed by atoms with van der Waals surface area (Å²) in [4.78, 5) is 12.6. The Morgan fingerprint density at radius 1 is 0.471 bits per heavy atom. The first-order valence-corrected chi connectivity index (χ1v) is 26.3. The number of amides is 1.